The number of carbonyl (C=O) groups is 1. The summed E-state index contributed by atoms with van der Waals surface area (Å²) in [6.07, 6.45) is 5.47. The summed E-state index contributed by atoms with van der Waals surface area (Å²) < 4.78 is 11.0. The Morgan fingerprint density at radius 2 is 2.00 bits per heavy atom. The van der Waals surface area contributed by atoms with Crippen molar-refractivity contribution < 1.29 is 14.3 Å². The van der Waals surface area contributed by atoms with Gasteiger partial charge in [0.1, 0.15) is 5.15 Å². The van der Waals surface area contributed by atoms with Crippen LogP contribution in [0.25, 0.3) is 0 Å². The van der Waals surface area contributed by atoms with Gasteiger partial charge in [-0.05, 0) is 69.1 Å². The standard InChI is InChI=1S/C23H29ClN4O3/c1-28-11-10-23(15-4-6-18(30-2)19(12-15)31-3)9-8-16(13-20(23)28)26-22(29)27-17-5-7-21(24)25-14-17/h4-7,12,14,16,20H,8-11,13H2,1-3H3,(H2,26,27,29)/t16-,20+,23-/m0/s1. The van der Waals surface area contributed by atoms with Gasteiger partial charge in [0.05, 0.1) is 26.1 Å². The number of likely N-dealkylation sites (N-methyl/N-ethyl adjacent to an activating group) is 1. The Morgan fingerprint density at radius 1 is 1.19 bits per heavy atom. The van der Waals surface area contributed by atoms with Crippen LogP contribution >= 0.6 is 11.6 Å². The van der Waals surface area contributed by atoms with Gasteiger partial charge < -0.3 is 25.0 Å². The van der Waals surface area contributed by atoms with Gasteiger partial charge in [-0.2, -0.15) is 0 Å². The fourth-order valence-corrected chi connectivity index (χ4v) is 5.31. The highest BCUT2D eigenvalue weighted by Gasteiger charge is 2.50. The number of rotatable bonds is 5. The number of urea groups is 1. The molecule has 0 unspecified atom stereocenters. The molecule has 0 spiro atoms. The lowest BCUT2D eigenvalue weighted by molar-refractivity contribution is 0.156. The van der Waals surface area contributed by atoms with E-state index in [-0.39, 0.29) is 17.5 Å². The number of benzene rings is 1. The van der Waals surface area contributed by atoms with Crippen molar-refractivity contribution in [2.24, 2.45) is 0 Å². The topological polar surface area (TPSA) is 75.7 Å². The number of nitrogens with one attached hydrogen (secondary N) is 2. The fourth-order valence-electron chi connectivity index (χ4n) is 5.20. The number of carbonyl (C=O) groups excluding carboxylic acids is 1. The second-order valence-electron chi connectivity index (χ2n) is 8.41. The van der Waals surface area contributed by atoms with Gasteiger partial charge in [0, 0.05) is 17.5 Å². The molecule has 0 bridgehead atoms. The first-order valence-corrected chi connectivity index (χ1v) is 10.9. The highest BCUT2D eigenvalue weighted by molar-refractivity contribution is 6.29. The van der Waals surface area contributed by atoms with E-state index in [0.29, 0.717) is 16.9 Å². The molecule has 0 radical (unpaired) electrons. The molecule has 166 valence electrons. The third-order valence-electron chi connectivity index (χ3n) is 6.81. The Labute approximate surface area is 188 Å². The Bertz CT molecular complexity index is 939. The molecular formula is C23H29ClN4O3. The molecule has 1 aromatic carbocycles. The maximum absolute atomic E-state index is 12.5. The molecule has 4 rings (SSSR count). The van der Waals surface area contributed by atoms with Crippen LogP contribution in [0.2, 0.25) is 5.15 Å². The van der Waals surface area contributed by atoms with E-state index in [2.05, 4.69) is 39.7 Å². The van der Waals surface area contributed by atoms with Crippen LogP contribution in [0.15, 0.2) is 36.5 Å². The number of likely N-dealkylation sites (tertiary alicyclic amines) is 1. The molecule has 1 saturated heterocycles. The smallest absolute Gasteiger partial charge is 0.319 e. The van der Waals surface area contributed by atoms with Crippen LogP contribution in [-0.4, -0.2) is 55.8 Å². The molecule has 2 aromatic rings. The van der Waals surface area contributed by atoms with E-state index in [1.54, 1.807) is 32.5 Å². The van der Waals surface area contributed by atoms with Crippen LogP contribution in [0.5, 0.6) is 11.5 Å². The number of hydrogen-bond donors (Lipinski definition) is 2. The molecule has 2 amide bonds. The van der Waals surface area contributed by atoms with Gasteiger partial charge in [0.25, 0.3) is 0 Å². The summed E-state index contributed by atoms with van der Waals surface area (Å²) in [6, 6.07) is 9.93. The lowest BCUT2D eigenvalue weighted by Crippen LogP contribution is -2.52. The van der Waals surface area contributed by atoms with Crippen molar-refractivity contribution in [3.05, 3.63) is 47.2 Å². The molecule has 1 aromatic heterocycles. The van der Waals surface area contributed by atoms with Crippen molar-refractivity contribution in [2.45, 2.75) is 43.2 Å². The highest BCUT2D eigenvalue weighted by atomic mass is 35.5. The first-order chi connectivity index (χ1) is 14.9. The van der Waals surface area contributed by atoms with E-state index < -0.39 is 0 Å². The van der Waals surface area contributed by atoms with Gasteiger partial charge in [0.2, 0.25) is 0 Å². The van der Waals surface area contributed by atoms with Crippen molar-refractivity contribution in [3.63, 3.8) is 0 Å². The van der Waals surface area contributed by atoms with Crippen molar-refractivity contribution in [3.8, 4) is 11.5 Å². The Hall–Kier alpha value is -2.51. The molecule has 2 N–H and O–H groups in total. The van der Waals surface area contributed by atoms with Gasteiger partial charge in [-0.15, -0.1) is 0 Å². The number of fused-ring (bicyclic) bond motifs is 1. The lowest BCUT2D eigenvalue weighted by Gasteiger charge is -2.45. The second kappa shape index (κ2) is 8.93. The van der Waals surface area contributed by atoms with Crippen LogP contribution in [-0.2, 0) is 5.41 Å². The maximum Gasteiger partial charge on any atom is 0.319 e. The number of ether oxygens (including phenoxy) is 2. The summed E-state index contributed by atoms with van der Waals surface area (Å²) in [7, 11) is 5.51. The average Bonchev–Trinajstić information content (AvgIpc) is 3.12. The predicted molar refractivity (Wildman–Crippen MR) is 121 cm³/mol. The van der Waals surface area contributed by atoms with E-state index in [0.717, 1.165) is 43.7 Å². The summed E-state index contributed by atoms with van der Waals surface area (Å²) in [5.74, 6) is 1.51. The van der Waals surface area contributed by atoms with E-state index >= 15 is 0 Å². The van der Waals surface area contributed by atoms with Crippen LogP contribution in [0.3, 0.4) is 0 Å². The monoisotopic (exact) mass is 444 g/mol. The minimum Gasteiger partial charge on any atom is -0.493 e. The number of amides is 2. The molecule has 1 aliphatic carbocycles. The SMILES string of the molecule is COc1ccc([C@@]23CC[C@H](NC(=O)Nc4ccc(Cl)nc4)C[C@H]2N(C)CC3)cc1OC. The van der Waals surface area contributed by atoms with Crippen molar-refractivity contribution >= 4 is 23.3 Å². The average molecular weight is 445 g/mol. The largest absolute Gasteiger partial charge is 0.493 e. The fraction of sp³-hybridized carbons (Fsp3) is 0.478. The number of halogens is 1. The normalized spacial score (nSPS) is 25.5. The Balaban J connectivity index is 1.47. The zero-order valence-electron chi connectivity index (χ0n) is 18.2. The first-order valence-electron chi connectivity index (χ1n) is 10.6. The van der Waals surface area contributed by atoms with Crippen LogP contribution in [0.1, 0.15) is 31.2 Å². The molecule has 1 saturated carbocycles. The van der Waals surface area contributed by atoms with E-state index in [1.807, 2.05) is 6.07 Å². The molecule has 2 heterocycles. The Kier molecular flexibility index (Phi) is 6.25. The van der Waals surface area contributed by atoms with Gasteiger partial charge in [-0.1, -0.05) is 17.7 Å². The first kappa shape index (κ1) is 21.7. The van der Waals surface area contributed by atoms with Crippen LogP contribution in [0.4, 0.5) is 10.5 Å². The van der Waals surface area contributed by atoms with Crippen molar-refractivity contribution in [1.82, 2.24) is 15.2 Å². The number of hydrogen-bond acceptors (Lipinski definition) is 5. The maximum atomic E-state index is 12.5. The van der Waals surface area contributed by atoms with Gasteiger partial charge in [-0.3, -0.25) is 0 Å². The van der Waals surface area contributed by atoms with Gasteiger partial charge in [0.15, 0.2) is 11.5 Å². The second-order valence-corrected chi connectivity index (χ2v) is 8.80. The van der Waals surface area contributed by atoms with Crippen molar-refractivity contribution in [2.75, 3.05) is 33.1 Å². The Morgan fingerprint density at radius 3 is 2.71 bits per heavy atom. The molecular weight excluding hydrogens is 416 g/mol. The molecule has 8 heteroatoms. The predicted octanol–water partition coefficient (Wildman–Crippen LogP) is 4.07. The van der Waals surface area contributed by atoms with Crippen LogP contribution in [0, 0.1) is 0 Å². The summed E-state index contributed by atoms with van der Waals surface area (Å²) in [6.45, 7) is 1.04. The summed E-state index contributed by atoms with van der Waals surface area (Å²) >= 11 is 5.81. The third kappa shape index (κ3) is 4.29. The summed E-state index contributed by atoms with van der Waals surface area (Å²) in [4.78, 5) is 18.9. The molecule has 2 aliphatic rings. The number of methoxy groups -OCH3 is 2. The molecule has 31 heavy (non-hydrogen) atoms. The van der Waals surface area contributed by atoms with E-state index in [1.165, 1.54) is 5.56 Å². The number of anilines is 1. The van der Waals surface area contributed by atoms with Gasteiger partial charge >= 0.3 is 6.03 Å². The van der Waals surface area contributed by atoms with Crippen LogP contribution < -0.4 is 20.1 Å². The number of nitrogens with zero attached hydrogens (tertiary/aromatic N) is 2. The molecule has 3 atom stereocenters. The van der Waals surface area contributed by atoms with Gasteiger partial charge in [-0.25, -0.2) is 9.78 Å². The number of aromatic nitrogens is 1. The highest BCUT2D eigenvalue weighted by Crippen LogP contribution is 2.49. The third-order valence-corrected chi connectivity index (χ3v) is 7.03. The summed E-state index contributed by atoms with van der Waals surface area (Å²) in [5, 5.41) is 6.38. The van der Waals surface area contributed by atoms with E-state index in [4.69, 9.17) is 21.1 Å². The molecule has 2 fully saturated rings. The number of pyridine rings is 1. The minimum absolute atomic E-state index is 0.0586. The van der Waals surface area contributed by atoms with E-state index in [9.17, 15) is 4.79 Å². The van der Waals surface area contributed by atoms with Crippen molar-refractivity contribution in [1.29, 1.82) is 0 Å². The summed E-state index contributed by atoms with van der Waals surface area (Å²) in [5.41, 5.74) is 1.97. The molecule has 1 aliphatic heterocycles. The zero-order valence-corrected chi connectivity index (χ0v) is 18.9. The quantitative estimate of drug-likeness (QED) is 0.680. The zero-order chi connectivity index (χ0) is 22.0. The molecule has 7 nitrogen and oxygen atoms in total. The lowest BCUT2D eigenvalue weighted by atomic mass is 9.65. The minimum atomic E-state index is -0.214.